The van der Waals surface area contributed by atoms with Gasteiger partial charge in [0.2, 0.25) is 5.82 Å². The number of carbonyl (C=O) groups is 1. The summed E-state index contributed by atoms with van der Waals surface area (Å²) in [5.74, 6) is -1.53. The molecule has 0 saturated heterocycles. The number of benzene rings is 1. The van der Waals surface area contributed by atoms with Crippen LogP contribution < -0.4 is 0 Å². The van der Waals surface area contributed by atoms with Crippen LogP contribution in [-0.4, -0.2) is 22.2 Å². The van der Waals surface area contributed by atoms with E-state index < -0.39 is 28.0 Å². The fraction of sp³-hybridized carbons (Fsp3) is 0.417. The zero-order valence-corrected chi connectivity index (χ0v) is 11.6. The molecule has 0 saturated carbocycles. The number of para-hydroxylation sites is 1. The molecule has 7 heteroatoms. The first-order valence-corrected chi connectivity index (χ1v) is 6.47. The quantitative estimate of drug-likeness (QED) is 0.368. The molecular weight excluding hydrogens is 273 g/mol. The topological polar surface area (TPSA) is 69.4 Å². The van der Waals surface area contributed by atoms with Crippen LogP contribution in [0.25, 0.3) is 0 Å². The average Bonchev–Trinajstić information content (AvgIpc) is 2.23. The van der Waals surface area contributed by atoms with Gasteiger partial charge < -0.3 is 4.74 Å². The fourth-order valence-electron chi connectivity index (χ4n) is 1.30. The van der Waals surface area contributed by atoms with Crippen LogP contribution in [0, 0.1) is 15.9 Å². The minimum atomic E-state index is -0.917. The van der Waals surface area contributed by atoms with Gasteiger partial charge >= 0.3 is 11.7 Å². The molecule has 0 N–H and O–H groups in total. The Morgan fingerprint density at radius 1 is 1.47 bits per heavy atom. The largest absolute Gasteiger partial charge is 0.459 e. The molecule has 0 atom stereocenters. The van der Waals surface area contributed by atoms with Gasteiger partial charge in [-0.2, -0.15) is 4.39 Å². The van der Waals surface area contributed by atoms with Crippen LogP contribution in [0.15, 0.2) is 23.1 Å². The maximum Gasteiger partial charge on any atom is 0.318 e. The number of nitro groups is 1. The number of halogens is 1. The van der Waals surface area contributed by atoms with Gasteiger partial charge in [-0.1, -0.05) is 6.07 Å². The predicted molar refractivity (Wildman–Crippen MR) is 69.6 cm³/mol. The predicted octanol–water partition coefficient (Wildman–Crippen LogP) is 3.17. The standard InChI is InChI=1S/C12H14FNO4S/c1-12(2,3)18-10(15)7-19-9-6-4-5-8(13)11(9)14(16)17/h4-6H,7H2,1-3H3. The number of thioether (sulfide) groups is 1. The Balaban J connectivity index is 2.76. The summed E-state index contributed by atoms with van der Waals surface area (Å²) in [7, 11) is 0. The van der Waals surface area contributed by atoms with Crippen LogP contribution in [0.2, 0.25) is 0 Å². The number of nitro benzene ring substituents is 1. The van der Waals surface area contributed by atoms with Gasteiger partial charge in [0.1, 0.15) is 5.60 Å². The highest BCUT2D eigenvalue weighted by Gasteiger charge is 2.22. The van der Waals surface area contributed by atoms with Crippen molar-refractivity contribution in [1.29, 1.82) is 0 Å². The molecule has 0 radical (unpaired) electrons. The Morgan fingerprint density at radius 3 is 2.63 bits per heavy atom. The lowest BCUT2D eigenvalue weighted by Gasteiger charge is -2.19. The van der Waals surface area contributed by atoms with Crippen LogP contribution in [0.4, 0.5) is 10.1 Å². The second-order valence-electron chi connectivity index (χ2n) is 4.72. The van der Waals surface area contributed by atoms with Crippen molar-refractivity contribution >= 4 is 23.4 Å². The van der Waals surface area contributed by atoms with Crippen molar-refractivity contribution in [2.45, 2.75) is 31.3 Å². The molecule has 19 heavy (non-hydrogen) atoms. The first kappa shape index (κ1) is 15.4. The van der Waals surface area contributed by atoms with Gasteiger partial charge in [0.25, 0.3) is 0 Å². The van der Waals surface area contributed by atoms with Gasteiger partial charge in [0.15, 0.2) is 0 Å². The van der Waals surface area contributed by atoms with E-state index in [1.165, 1.54) is 12.1 Å². The maximum absolute atomic E-state index is 13.3. The van der Waals surface area contributed by atoms with Crippen LogP contribution in [0.1, 0.15) is 20.8 Å². The minimum Gasteiger partial charge on any atom is -0.459 e. The highest BCUT2D eigenvalue weighted by atomic mass is 32.2. The molecule has 0 bridgehead atoms. The van der Waals surface area contributed by atoms with Crippen LogP contribution in [-0.2, 0) is 9.53 Å². The van der Waals surface area contributed by atoms with Crippen molar-refractivity contribution in [3.63, 3.8) is 0 Å². The summed E-state index contributed by atoms with van der Waals surface area (Å²) >= 11 is 0.882. The van der Waals surface area contributed by atoms with Crippen LogP contribution in [0.5, 0.6) is 0 Å². The molecule has 104 valence electrons. The molecule has 0 unspecified atom stereocenters. The van der Waals surface area contributed by atoms with Gasteiger partial charge in [0.05, 0.1) is 15.6 Å². The molecule has 0 spiro atoms. The number of rotatable bonds is 4. The number of esters is 1. The first-order chi connectivity index (χ1) is 8.70. The van der Waals surface area contributed by atoms with E-state index in [1.807, 2.05) is 0 Å². The van der Waals surface area contributed by atoms with E-state index >= 15 is 0 Å². The third kappa shape index (κ3) is 4.86. The summed E-state index contributed by atoms with van der Waals surface area (Å²) in [6, 6.07) is 3.77. The zero-order chi connectivity index (χ0) is 14.6. The van der Waals surface area contributed by atoms with Crippen molar-refractivity contribution < 1.29 is 18.8 Å². The van der Waals surface area contributed by atoms with Crippen LogP contribution in [0.3, 0.4) is 0 Å². The third-order valence-corrected chi connectivity index (χ3v) is 2.92. The second kappa shape index (κ2) is 6.01. The Morgan fingerprint density at radius 2 is 2.11 bits per heavy atom. The second-order valence-corrected chi connectivity index (χ2v) is 5.74. The minimum absolute atomic E-state index is 0.107. The molecule has 5 nitrogen and oxygen atoms in total. The van der Waals surface area contributed by atoms with Crippen molar-refractivity contribution in [2.75, 3.05) is 5.75 Å². The lowest BCUT2D eigenvalue weighted by molar-refractivity contribution is -0.390. The smallest absolute Gasteiger partial charge is 0.318 e. The average molecular weight is 287 g/mol. The summed E-state index contributed by atoms with van der Waals surface area (Å²) in [6.07, 6.45) is 0. The molecular formula is C12H14FNO4S. The van der Waals surface area contributed by atoms with Gasteiger partial charge in [-0.3, -0.25) is 14.9 Å². The summed E-state index contributed by atoms with van der Waals surface area (Å²) in [6.45, 7) is 5.17. The molecule has 0 aliphatic heterocycles. The van der Waals surface area contributed by atoms with Gasteiger partial charge in [0, 0.05) is 0 Å². The van der Waals surface area contributed by atoms with E-state index in [0.29, 0.717) is 0 Å². The molecule has 0 heterocycles. The summed E-state index contributed by atoms with van der Waals surface area (Å²) < 4.78 is 18.4. The lowest BCUT2D eigenvalue weighted by atomic mass is 10.2. The Kier molecular flexibility index (Phi) is 4.88. The third-order valence-electron chi connectivity index (χ3n) is 1.90. The summed E-state index contributed by atoms with van der Waals surface area (Å²) in [5, 5.41) is 10.8. The Hall–Kier alpha value is -1.63. The number of hydrogen-bond donors (Lipinski definition) is 0. The van der Waals surface area contributed by atoms with Gasteiger partial charge in [-0.05, 0) is 32.9 Å². The van der Waals surface area contributed by atoms with Crippen molar-refractivity contribution in [3.05, 3.63) is 34.1 Å². The molecule has 0 aliphatic carbocycles. The number of hydrogen-bond acceptors (Lipinski definition) is 5. The number of ether oxygens (including phenoxy) is 1. The van der Waals surface area contributed by atoms with Crippen molar-refractivity contribution in [2.24, 2.45) is 0 Å². The molecule has 0 fully saturated rings. The van der Waals surface area contributed by atoms with E-state index in [9.17, 15) is 19.3 Å². The highest BCUT2D eigenvalue weighted by Crippen LogP contribution is 2.31. The monoisotopic (exact) mass is 287 g/mol. The SMILES string of the molecule is CC(C)(C)OC(=O)CSc1cccc(F)c1[N+](=O)[O-]. The van der Waals surface area contributed by atoms with E-state index in [4.69, 9.17) is 4.74 Å². The molecule has 1 rings (SSSR count). The molecule has 0 amide bonds. The molecule has 0 aliphatic rings. The van der Waals surface area contributed by atoms with Crippen molar-refractivity contribution in [1.82, 2.24) is 0 Å². The van der Waals surface area contributed by atoms with Gasteiger partial charge in [-0.25, -0.2) is 0 Å². The lowest BCUT2D eigenvalue weighted by Crippen LogP contribution is -2.24. The summed E-state index contributed by atoms with van der Waals surface area (Å²) in [5.41, 5.74) is -1.23. The molecule has 1 aromatic carbocycles. The molecule has 0 aromatic heterocycles. The Bertz CT molecular complexity index is 499. The maximum atomic E-state index is 13.3. The van der Waals surface area contributed by atoms with E-state index in [2.05, 4.69) is 0 Å². The fourth-order valence-corrected chi connectivity index (χ4v) is 2.11. The van der Waals surface area contributed by atoms with Gasteiger partial charge in [-0.15, -0.1) is 11.8 Å². The zero-order valence-electron chi connectivity index (χ0n) is 10.8. The van der Waals surface area contributed by atoms with E-state index in [-0.39, 0.29) is 10.6 Å². The number of carbonyl (C=O) groups excluding carboxylic acids is 1. The van der Waals surface area contributed by atoms with Crippen LogP contribution >= 0.6 is 11.8 Å². The summed E-state index contributed by atoms with van der Waals surface area (Å²) in [4.78, 5) is 21.6. The number of nitrogens with zero attached hydrogens (tertiary/aromatic N) is 1. The highest BCUT2D eigenvalue weighted by molar-refractivity contribution is 8.00. The normalized spacial score (nSPS) is 11.2. The van der Waals surface area contributed by atoms with E-state index in [0.717, 1.165) is 17.8 Å². The first-order valence-electron chi connectivity index (χ1n) is 5.48. The molecule has 1 aromatic rings. The van der Waals surface area contributed by atoms with E-state index in [1.54, 1.807) is 20.8 Å². The van der Waals surface area contributed by atoms with Crippen molar-refractivity contribution in [3.8, 4) is 0 Å². The Labute approximate surface area is 114 Å².